The molecule has 0 bridgehead atoms. The van der Waals surface area contributed by atoms with Crippen molar-refractivity contribution in [2.24, 2.45) is 5.92 Å². The van der Waals surface area contributed by atoms with Crippen molar-refractivity contribution in [3.63, 3.8) is 0 Å². The van der Waals surface area contributed by atoms with Crippen LogP contribution in [0.1, 0.15) is 19.3 Å². The van der Waals surface area contributed by atoms with Crippen LogP contribution in [0.2, 0.25) is 0 Å². The summed E-state index contributed by atoms with van der Waals surface area (Å²) in [4.78, 5) is 0. The molecule has 2 unspecified atom stereocenters. The molecule has 1 aliphatic rings. The summed E-state index contributed by atoms with van der Waals surface area (Å²) >= 11 is 0. The van der Waals surface area contributed by atoms with Gasteiger partial charge in [-0.1, -0.05) is 12.5 Å². The average Bonchev–Trinajstić information content (AvgIpc) is 2.72. The summed E-state index contributed by atoms with van der Waals surface area (Å²) in [5, 5.41) is 12.4. The largest absolute Gasteiger partial charge is 0.396 e. The summed E-state index contributed by atoms with van der Waals surface area (Å²) in [6.45, 7) is 0.173. The molecule has 3 nitrogen and oxygen atoms in total. The van der Waals surface area contributed by atoms with Gasteiger partial charge in [-0.2, -0.15) is 0 Å². The highest BCUT2D eigenvalue weighted by molar-refractivity contribution is 5.66. The normalized spacial score (nSPS) is 24.6. The second-order valence-corrected chi connectivity index (χ2v) is 4.33. The molecule has 0 aromatic heterocycles. The predicted molar refractivity (Wildman–Crippen MR) is 62.6 cm³/mol. The molecule has 1 aromatic carbocycles. The number of nitrogen functional groups attached to an aromatic ring is 1. The molecule has 0 amide bonds. The van der Waals surface area contributed by atoms with Crippen molar-refractivity contribution in [1.29, 1.82) is 0 Å². The van der Waals surface area contributed by atoms with E-state index >= 15 is 0 Å². The number of anilines is 2. The molecule has 2 atom stereocenters. The molecule has 0 heterocycles. The molecular formula is C12H17FN2O. The Kier molecular flexibility index (Phi) is 3.29. The Morgan fingerprint density at radius 1 is 1.44 bits per heavy atom. The zero-order valence-corrected chi connectivity index (χ0v) is 9.12. The fourth-order valence-electron chi connectivity index (χ4n) is 2.31. The van der Waals surface area contributed by atoms with E-state index in [-0.39, 0.29) is 24.3 Å². The van der Waals surface area contributed by atoms with Crippen molar-refractivity contribution in [3.05, 3.63) is 24.0 Å². The van der Waals surface area contributed by atoms with Crippen molar-refractivity contribution < 1.29 is 9.50 Å². The smallest absolute Gasteiger partial charge is 0.148 e. The summed E-state index contributed by atoms with van der Waals surface area (Å²) < 4.78 is 13.2. The van der Waals surface area contributed by atoms with Crippen molar-refractivity contribution in [2.45, 2.75) is 25.3 Å². The number of nitrogens with two attached hydrogens (primary N) is 1. The maximum Gasteiger partial charge on any atom is 0.148 e. The van der Waals surface area contributed by atoms with Crippen LogP contribution in [0.25, 0.3) is 0 Å². The number of nitrogens with one attached hydrogen (secondary N) is 1. The van der Waals surface area contributed by atoms with Gasteiger partial charge in [0.25, 0.3) is 0 Å². The third-order valence-electron chi connectivity index (χ3n) is 3.29. The molecule has 4 N–H and O–H groups in total. The lowest BCUT2D eigenvalue weighted by Crippen LogP contribution is -2.26. The van der Waals surface area contributed by atoms with E-state index < -0.39 is 5.82 Å². The second-order valence-electron chi connectivity index (χ2n) is 4.33. The summed E-state index contributed by atoms with van der Waals surface area (Å²) in [6.07, 6.45) is 3.11. The molecular weight excluding hydrogens is 207 g/mol. The van der Waals surface area contributed by atoms with Crippen molar-refractivity contribution in [2.75, 3.05) is 17.7 Å². The Morgan fingerprint density at radius 3 is 3.00 bits per heavy atom. The minimum atomic E-state index is -0.399. The van der Waals surface area contributed by atoms with Crippen LogP contribution in [0.3, 0.4) is 0 Å². The minimum absolute atomic E-state index is 0.158. The monoisotopic (exact) mass is 224 g/mol. The number of halogens is 1. The summed E-state index contributed by atoms with van der Waals surface area (Å²) in [5.41, 5.74) is 6.44. The Labute approximate surface area is 94.5 Å². The van der Waals surface area contributed by atoms with Gasteiger partial charge >= 0.3 is 0 Å². The highest BCUT2D eigenvalue weighted by Gasteiger charge is 2.26. The van der Waals surface area contributed by atoms with Crippen LogP contribution in [-0.2, 0) is 0 Å². The van der Waals surface area contributed by atoms with Crippen LogP contribution in [-0.4, -0.2) is 17.8 Å². The zero-order valence-electron chi connectivity index (χ0n) is 9.12. The molecule has 1 aliphatic carbocycles. The van der Waals surface area contributed by atoms with Crippen LogP contribution in [0.15, 0.2) is 18.2 Å². The van der Waals surface area contributed by atoms with E-state index in [0.717, 1.165) is 19.3 Å². The van der Waals surface area contributed by atoms with Crippen molar-refractivity contribution in [3.8, 4) is 0 Å². The van der Waals surface area contributed by atoms with Crippen molar-refractivity contribution >= 4 is 11.4 Å². The molecule has 1 saturated carbocycles. The third kappa shape index (κ3) is 2.11. The first kappa shape index (κ1) is 11.2. The van der Waals surface area contributed by atoms with E-state index in [4.69, 9.17) is 5.73 Å². The molecule has 0 aliphatic heterocycles. The maximum absolute atomic E-state index is 13.2. The first-order chi connectivity index (χ1) is 7.72. The van der Waals surface area contributed by atoms with E-state index in [2.05, 4.69) is 5.32 Å². The average molecular weight is 224 g/mol. The first-order valence-corrected chi connectivity index (χ1v) is 5.63. The fraction of sp³-hybridized carbons (Fsp3) is 0.500. The lowest BCUT2D eigenvalue weighted by Gasteiger charge is -2.21. The van der Waals surface area contributed by atoms with Gasteiger partial charge in [0.2, 0.25) is 0 Å². The second kappa shape index (κ2) is 4.70. The Bertz CT molecular complexity index is 370. The van der Waals surface area contributed by atoms with Gasteiger partial charge < -0.3 is 16.2 Å². The highest BCUT2D eigenvalue weighted by Crippen LogP contribution is 2.30. The number of benzene rings is 1. The van der Waals surface area contributed by atoms with Gasteiger partial charge in [0.15, 0.2) is 0 Å². The van der Waals surface area contributed by atoms with Gasteiger partial charge in [0.05, 0.1) is 11.4 Å². The van der Waals surface area contributed by atoms with Crippen LogP contribution in [0, 0.1) is 11.7 Å². The summed E-state index contributed by atoms with van der Waals surface area (Å²) in [5.74, 6) is -0.147. The van der Waals surface area contributed by atoms with Gasteiger partial charge in [0, 0.05) is 18.6 Å². The Balaban J connectivity index is 2.11. The van der Waals surface area contributed by atoms with Gasteiger partial charge in [0.1, 0.15) is 5.82 Å². The maximum atomic E-state index is 13.2. The first-order valence-electron chi connectivity index (χ1n) is 5.63. The molecule has 1 fully saturated rings. The number of aliphatic hydroxyl groups is 1. The number of rotatable bonds is 3. The number of aliphatic hydroxyl groups excluding tert-OH is 1. The van der Waals surface area contributed by atoms with Gasteiger partial charge in [-0.15, -0.1) is 0 Å². The fourth-order valence-corrected chi connectivity index (χ4v) is 2.31. The van der Waals surface area contributed by atoms with E-state index in [1.54, 1.807) is 12.1 Å². The van der Waals surface area contributed by atoms with Crippen LogP contribution >= 0.6 is 0 Å². The quantitative estimate of drug-likeness (QED) is 0.688. The van der Waals surface area contributed by atoms with Gasteiger partial charge in [-0.25, -0.2) is 4.39 Å². The lowest BCUT2D eigenvalue weighted by atomic mass is 10.0. The van der Waals surface area contributed by atoms with E-state index in [9.17, 15) is 9.50 Å². The Morgan fingerprint density at radius 2 is 2.25 bits per heavy atom. The van der Waals surface area contributed by atoms with E-state index in [1.165, 1.54) is 6.07 Å². The molecule has 0 spiro atoms. The van der Waals surface area contributed by atoms with Crippen molar-refractivity contribution in [1.82, 2.24) is 0 Å². The minimum Gasteiger partial charge on any atom is -0.396 e. The molecule has 2 rings (SSSR count). The molecule has 1 aromatic rings. The number of hydrogen-bond acceptors (Lipinski definition) is 3. The zero-order chi connectivity index (χ0) is 11.5. The molecule has 4 heteroatoms. The molecule has 0 saturated heterocycles. The number of para-hydroxylation sites is 1. The van der Waals surface area contributed by atoms with Crippen LogP contribution in [0.5, 0.6) is 0 Å². The SMILES string of the molecule is Nc1c(F)cccc1NC1CCCC1CO. The summed E-state index contributed by atoms with van der Waals surface area (Å²) in [6, 6.07) is 4.95. The van der Waals surface area contributed by atoms with Gasteiger partial charge in [-0.05, 0) is 25.0 Å². The van der Waals surface area contributed by atoms with E-state index in [0.29, 0.717) is 5.69 Å². The van der Waals surface area contributed by atoms with Crippen LogP contribution < -0.4 is 11.1 Å². The lowest BCUT2D eigenvalue weighted by molar-refractivity contribution is 0.222. The predicted octanol–water partition coefficient (Wildman–Crippen LogP) is 1.98. The topological polar surface area (TPSA) is 58.3 Å². The number of hydrogen-bond donors (Lipinski definition) is 3. The third-order valence-corrected chi connectivity index (χ3v) is 3.29. The summed E-state index contributed by atoms with van der Waals surface area (Å²) in [7, 11) is 0. The molecule has 16 heavy (non-hydrogen) atoms. The highest BCUT2D eigenvalue weighted by atomic mass is 19.1. The molecule has 0 radical (unpaired) electrons. The standard InChI is InChI=1S/C12H17FN2O/c13-9-4-2-6-11(12(9)14)15-10-5-1-3-8(10)7-16/h2,4,6,8,10,15-16H,1,3,5,7,14H2. The van der Waals surface area contributed by atoms with E-state index in [1.807, 2.05) is 0 Å². The Hall–Kier alpha value is -1.29. The van der Waals surface area contributed by atoms with Crippen LogP contribution in [0.4, 0.5) is 15.8 Å². The van der Waals surface area contributed by atoms with Gasteiger partial charge in [-0.3, -0.25) is 0 Å². The molecule has 88 valence electrons.